The molecule has 0 aliphatic rings. The Kier molecular flexibility index (Phi) is 3.83. The third kappa shape index (κ3) is 2.04. The molecule has 2 aromatic rings. The molecular formula is C10H14N2S. The number of pyridine rings is 1. The van der Waals surface area contributed by atoms with Crippen LogP contribution in [0.3, 0.4) is 0 Å². The van der Waals surface area contributed by atoms with Gasteiger partial charge in [-0.3, -0.25) is 0 Å². The highest BCUT2D eigenvalue weighted by Gasteiger charge is 2.02. The number of aryl methyl sites for hydroxylation is 1. The van der Waals surface area contributed by atoms with Gasteiger partial charge in [0.05, 0.1) is 5.69 Å². The first-order valence-electron chi connectivity index (χ1n) is 4.61. The molecular weight excluding hydrogens is 180 g/mol. The molecule has 0 N–H and O–H groups in total. The van der Waals surface area contributed by atoms with Crippen molar-refractivity contribution in [1.29, 1.82) is 0 Å². The predicted octanol–water partition coefficient (Wildman–Crippen LogP) is 3.28. The fourth-order valence-electron chi connectivity index (χ4n) is 1.09. The molecule has 0 bridgehead atoms. The molecule has 0 saturated carbocycles. The van der Waals surface area contributed by atoms with E-state index >= 15 is 0 Å². The molecule has 0 atom stereocenters. The summed E-state index contributed by atoms with van der Waals surface area (Å²) < 4.78 is 4.29. The van der Waals surface area contributed by atoms with E-state index in [-0.39, 0.29) is 0 Å². The van der Waals surface area contributed by atoms with Crippen molar-refractivity contribution in [3.05, 3.63) is 24.0 Å². The van der Waals surface area contributed by atoms with Crippen LogP contribution in [0.15, 0.2) is 18.3 Å². The second-order valence-corrected chi connectivity index (χ2v) is 3.09. The zero-order valence-electron chi connectivity index (χ0n) is 8.24. The van der Waals surface area contributed by atoms with E-state index in [0.717, 1.165) is 16.9 Å². The summed E-state index contributed by atoms with van der Waals surface area (Å²) in [6, 6.07) is 4.03. The summed E-state index contributed by atoms with van der Waals surface area (Å²) in [7, 11) is 0. The second-order valence-electron chi connectivity index (χ2n) is 2.34. The van der Waals surface area contributed by atoms with Crippen molar-refractivity contribution in [2.24, 2.45) is 0 Å². The molecule has 13 heavy (non-hydrogen) atoms. The highest BCUT2D eigenvalue weighted by molar-refractivity contribution is 7.12. The molecule has 0 spiro atoms. The Hall–Kier alpha value is -0.960. The van der Waals surface area contributed by atoms with Gasteiger partial charge in [0.25, 0.3) is 0 Å². The maximum atomic E-state index is 4.29. The van der Waals surface area contributed by atoms with E-state index in [4.69, 9.17) is 0 Å². The molecule has 2 heterocycles. The predicted molar refractivity (Wildman–Crippen MR) is 58.1 cm³/mol. The summed E-state index contributed by atoms with van der Waals surface area (Å²) in [6.45, 7) is 6.11. The Morgan fingerprint density at radius 2 is 2.15 bits per heavy atom. The molecule has 0 aliphatic carbocycles. The van der Waals surface area contributed by atoms with Gasteiger partial charge in [0.2, 0.25) is 0 Å². The van der Waals surface area contributed by atoms with E-state index in [1.165, 1.54) is 16.9 Å². The molecule has 0 aliphatic heterocycles. The number of nitrogens with zero attached hydrogens (tertiary/aromatic N) is 2. The monoisotopic (exact) mass is 194 g/mol. The molecule has 2 rings (SSSR count). The Bertz CT molecular complexity index is 368. The van der Waals surface area contributed by atoms with E-state index in [1.54, 1.807) is 6.20 Å². The second kappa shape index (κ2) is 4.92. The lowest BCUT2D eigenvalue weighted by Gasteiger charge is -1.87. The van der Waals surface area contributed by atoms with Crippen LogP contribution in [0.4, 0.5) is 0 Å². The van der Waals surface area contributed by atoms with Crippen molar-refractivity contribution >= 4 is 21.7 Å². The smallest absolute Gasteiger partial charge is 0.143 e. The van der Waals surface area contributed by atoms with Crippen LogP contribution in [-0.4, -0.2) is 9.36 Å². The molecule has 0 fully saturated rings. The van der Waals surface area contributed by atoms with Crippen molar-refractivity contribution in [3.63, 3.8) is 0 Å². The fraction of sp³-hybridized carbons (Fsp3) is 0.400. The summed E-state index contributed by atoms with van der Waals surface area (Å²) in [5, 5.41) is 1.21. The fourth-order valence-corrected chi connectivity index (χ4v) is 1.90. The molecule has 70 valence electrons. The van der Waals surface area contributed by atoms with E-state index < -0.39 is 0 Å². The van der Waals surface area contributed by atoms with Crippen LogP contribution >= 0.6 is 11.5 Å². The minimum atomic E-state index is 0.992. The van der Waals surface area contributed by atoms with E-state index in [9.17, 15) is 0 Å². The largest absolute Gasteiger partial charge is 0.244 e. The van der Waals surface area contributed by atoms with Crippen molar-refractivity contribution in [1.82, 2.24) is 9.36 Å². The minimum Gasteiger partial charge on any atom is -0.244 e. The Morgan fingerprint density at radius 1 is 1.38 bits per heavy atom. The molecule has 0 radical (unpaired) electrons. The first kappa shape index (κ1) is 10.1. The normalized spacial score (nSPS) is 9.46. The van der Waals surface area contributed by atoms with Crippen LogP contribution < -0.4 is 0 Å². The third-order valence-electron chi connectivity index (χ3n) is 1.66. The molecule has 2 nitrogen and oxygen atoms in total. The van der Waals surface area contributed by atoms with Crippen molar-refractivity contribution in [3.8, 4) is 0 Å². The van der Waals surface area contributed by atoms with Crippen LogP contribution in [0.5, 0.6) is 0 Å². The van der Waals surface area contributed by atoms with Crippen molar-refractivity contribution in [2.75, 3.05) is 0 Å². The first-order chi connectivity index (χ1) is 6.42. The van der Waals surface area contributed by atoms with Gasteiger partial charge in [-0.25, -0.2) is 4.98 Å². The minimum absolute atomic E-state index is 0.992. The first-order valence-corrected chi connectivity index (χ1v) is 5.38. The Morgan fingerprint density at radius 3 is 2.85 bits per heavy atom. The van der Waals surface area contributed by atoms with Gasteiger partial charge in [-0.1, -0.05) is 20.8 Å². The number of aromatic nitrogens is 2. The average Bonchev–Trinajstić information content (AvgIpc) is 2.64. The number of rotatable bonds is 1. The molecule has 0 aromatic carbocycles. The van der Waals surface area contributed by atoms with Gasteiger partial charge in [-0.15, -0.1) is 0 Å². The zero-order chi connectivity index (χ0) is 9.68. The van der Waals surface area contributed by atoms with E-state index in [1.807, 2.05) is 19.9 Å². The van der Waals surface area contributed by atoms with Gasteiger partial charge in [-0.2, -0.15) is 4.37 Å². The quantitative estimate of drug-likeness (QED) is 0.696. The Labute approximate surface area is 82.8 Å². The third-order valence-corrected chi connectivity index (χ3v) is 2.47. The zero-order valence-corrected chi connectivity index (χ0v) is 9.06. The van der Waals surface area contributed by atoms with Crippen molar-refractivity contribution < 1.29 is 0 Å². The van der Waals surface area contributed by atoms with Gasteiger partial charge >= 0.3 is 0 Å². The van der Waals surface area contributed by atoms with Crippen LogP contribution in [0.25, 0.3) is 10.2 Å². The lowest BCUT2D eigenvalue weighted by atomic mass is 10.2. The van der Waals surface area contributed by atoms with E-state index in [0.29, 0.717) is 0 Å². The Balaban J connectivity index is 0.000000396. The summed E-state index contributed by atoms with van der Waals surface area (Å²) in [5.41, 5.74) is 1.16. The molecule has 2 aromatic heterocycles. The lowest BCUT2D eigenvalue weighted by Crippen LogP contribution is -1.78. The summed E-state index contributed by atoms with van der Waals surface area (Å²) in [5.74, 6) is 0. The molecule has 0 amide bonds. The van der Waals surface area contributed by atoms with Crippen LogP contribution in [0, 0.1) is 0 Å². The number of hydrogen-bond donors (Lipinski definition) is 0. The van der Waals surface area contributed by atoms with Gasteiger partial charge in [-0.05, 0) is 30.1 Å². The highest BCUT2D eigenvalue weighted by Crippen LogP contribution is 2.19. The molecule has 0 saturated heterocycles. The highest BCUT2D eigenvalue weighted by atomic mass is 32.1. The van der Waals surface area contributed by atoms with Gasteiger partial charge in [0.15, 0.2) is 0 Å². The SMILES string of the molecule is CC.CCc1nsc2ncccc12. The number of hydrogen-bond acceptors (Lipinski definition) is 3. The lowest BCUT2D eigenvalue weighted by molar-refractivity contribution is 1.10. The van der Waals surface area contributed by atoms with Gasteiger partial charge in [0.1, 0.15) is 4.83 Å². The van der Waals surface area contributed by atoms with Crippen molar-refractivity contribution in [2.45, 2.75) is 27.2 Å². The van der Waals surface area contributed by atoms with Crippen LogP contribution in [0.1, 0.15) is 26.5 Å². The molecule has 3 heteroatoms. The van der Waals surface area contributed by atoms with Crippen LogP contribution in [-0.2, 0) is 6.42 Å². The number of fused-ring (bicyclic) bond motifs is 1. The summed E-state index contributed by atoms with van der Waals surface area (Å²) >= 11 is 1.48. The maximum Gasteiger partial charge on any atom is 0.143 e. The summed E-state index contributed by atoms with van der Waals surface area (Å²) in [6.07, 6.45) is 2.80. The van der Waals surface area contributed by atoms with Gasteiger partial charge < -0.3 is 0 Å². The standard InChI is InChI=1S/C8H8N2S.C2H6/c1-2-7-6-4-3-5-9-8(6)11-10-7;1-2/h3-5H,2H2,1H3;1-2H3. The van der Waals surface area contributed by atoms with E-state index in [2.05, 4.69) is 22.3 Å². The summed E-state index contributed by atoms with van der Waals surface area (Å²) in [4.78, 5) is 5.25. The topological polar surface area (TPSA) is 25.8 Å². The average molecular weight is 194 g/mol. The van der Waals surface area contributed by atoms with Gasteiger partial charge in [0, 0.05) is 11.6 Å². The molecule has 0 unspecified atom stereocenters. The van der Waals surface area contributed by atoms with Crippen LogP contribution in [0.2, 0.25) is 0 Å². The maximum absolute atomic E-state index is 4.29.